The Kier molecular flexibility index (Phi) is 58.3. The van der Waals surface area contributed by atoms with Crippen molar-refractivity contribution in [3.63, 3.8) is 0 Å². The van der Waals surface area contributed by atoms with E-state index in [1.54, 1.807) is 0 Å². The summed E-state index contributed by atoms with van der Waals surface area (Å²) in [6, 6.07) is 0. The Bertz CT molecular complexity index is 133. The monoisotopic (exact) mass is 298 g/mol. The molecule has 0 amide bonds. The Morgan fingerprint density at radius 1 is 0.524 bits per heavy atom. The number of hydrogen-bond donors (Lipinski definition) is 0. The molecule has 0 fully saturated rings. The smallest absolute Gasteiger partial charge is 0.00859 e. The highest BCUT2D eigenvalue weighted by molar-refractivity contribution is 4.82. The Morgan fingerprint density at radius 3 is 1.00 bits per heavy atom. The van der Waals surface area contributed by atoms with Gasteiger partial charge in [0.15, 0.2) is 0 Å². The van der Waals surface area contributed by atoms with Crippen molar-refractivity contribution in [1.82, 2.24) is 0 Å². The van der Waals surface area contributed by atoms with Crippen LogP contribution in [0.1, 0.15) is 126 Å². The third-order valence-electron chi connectivity index (χ3n) is 2.84. The summed E-state index contributed by atoms with van der Waals surface area (Å²) in [7, 11) is 0. The molecule has 0 N–H and O–H groups in total. The molecule has 0 aromatic rings. The van der Waals surface area contributed by atoms with Crippen LogP contribution in [0, 0.1) is 12.3 Å². The van der Waals surface area contributed by atoms with Crippen molar-refractivity contribution in [3.8, 4) is 12.3 Å². The van der Waals surface area contributed by atoms with Crippen LogP contribution in [0.25, 0.3) is 0 Å². The zero-order chi connectivity index (χ0) is 17.2. The molecular formula is C21H46. The second-order valence-corrected chi connectivity index (χ2v) is 5.08. The molecule has 0 atom stereocenters. The van der Waals surface area contributed by atoms with E-state index < -0.39 is 0 Å². The molecular weight excluding hydrogens is 252 g/mol. The third-order valence-corrected chi connectivity index (χ3v) is 2.84. The first-order valence-corrected chi connectivity index (χ1v) is 9.68. The van der Waals surface area contributed by atoms with Crippen molar-refractivity contribution in [3.05, 3.63) is 0 Å². The van der Waals surface area contributed by atoms with Crippen LogP contribution >= 0.6 is 0 Å². The average Bonchev–Trinajstić information content (AvgIpc) is 2.53. The Hall–Kier alpha value is -0.440. The van der Waals surface area contributed by atoms with Crippen molar-refractivity contribution in [2.24, 2.45) is 0 Å². The summed E-state index contributed by atoms with van der Waals surface area (Å²) in [6.07, 6.45) is 20.9. The molecule has 0 saturated carbocycles. The maximum atomic E-state index is 4.96. The second kappa shape index (κ2) is 42.7. The van der Waals surface area contributed by atoms with Gasteiger partial charge in [-0.05, 0) is 6.42 Å². The quantitative estimate of drug-likeness (QED) is 0.296. The van der Waals surface area contributed by atoms with Crippen LogP contribution in [-0.4, -0.2) is 0 Å². The molecule has 0 heteroatoms. The molecule has 0 aliphatic heterocycles. The molecule has 0 heterocycles. The van der Waals surface area contributed by atoms with Gasteiger partial charge in [-0.1, -0.05) is 113 Å². The van der Waals surface area contributed by atoms with Gasteiger partial charge in [0.1, 0.15) is 0 Å². The van der Waals surface area contributed by atoms with E-state index >= 15 is 0 Å². The lowest BCUT2D eigenvalue weighted by Crippen LogP contribution is -1.73. The molecule has 0 saturated heterocycles. The van der Waals surface area contributed by atoms with Crippen LogP contribution < -0.4 is 0 Å². The Balaban J connectivity index is -0.0000000998. The van der Waals surface area contributed by atoms with E-state index in [9.17, 15) is 0 Å². The third kappa shape index (κ3) is 66.0. The van der Waals surface area contributed by atoms with Gasteiger partial charge in [-0.25, -0.2) is 0 Å². The summed E-state index contributed by atoms with van der Waals surface area (Å²) >= 11 is 0. The first-order valence-electron chi connectivity index (χ1n) is 9.68. The van der Waals surface area contributed by atoms with Gasteiger partial charge in [0, 0.05) is 6.42 Å². The average molecular weight is 299 g/mol. The maximum Gasteiger partial charge on any atom is 0.00859 e. The normalized spacial score (nSPS) is 8.10. The molecule has 0 spiro atoms. The molecule has 0 aliphatic rings. The van der Waals surface area contributed by atoms with E-state index in [2.05, 4.69) is 40.5 Å². The fourth-order valence-corrected chi connectivity index (χ4v) is 1.49. The topological polar surface area (TPSA) is 0 Å². The van der Waals surface area contributed by atoms with Crippen LogP contribution in [0.15, 0.2) is 0 Å². The molecule has 0 aliphatic carbocycles. The van der Waals surface area contributed by atoms with Crippen molar-refractivity contribution in [1.29, 1.82) is 0 Å². The van der Waals surface area contributed by atoms with Gasteiger partial charge >= 0.3 is 0 Å². The highest BCUT2D eigenvalue weighted by atomic mass is 13.9. The van der Waals surface area contributed by atoms with Gasteiger partial charge in [0.25, 0.3) is 0 Å². The van der Waals surface area contributed by atoms with Gasteiger partial charge in [-0.3, -0.25) is 0 Å². The number of hydrogen-bond acceptors (Lipinski definition) is 0. The van der Waals surface area contributed by atoms with Crippen molar-refractivity contribution in [2.45, 2.75) is 126 Å². The lowest BCUT2D eigenvalue weighted by molar-refractivity contribution is 0.624. The number of rotatable bonds is 9. The van der Waals surface area contributed by atoms with E-state index in [1.807, 2.05) is 13.8 Å². The molecule has 0 unspecified atom stereocenters. The summed E-state index contributed by atoms with van der Waals surface area (Å²) in [5.74, 6) is 2.57. The van der Waals surface area contributed by atoms with Crippen LogP contribution in [0.2, 0.25) is 0 Å². The van der Waals surface area contributed by atoms with E-state index in [0.29, 0.717) is 0 Å². The van der Waals surface area contributed by atoms with Crippen LogP contribution in [0.5, 0.6) is 0 Å². The zero-order valence-electron chi connectivity index (χ0n) is 16.6. The Morgan fingerprint density at radius 2 is 0.857 bits per heavy atom. The predicted octanol–water partition coefficient (Wildman–Crippen LogP) is 8.40. The van der Waals surface area contributed by atoms with Gasteiger partial charge in [0.2, 0.25) is 0 Å². The lowest BCUT2D eigenvalue weighted by atomic mass is 10.1. The first-order chi connectivity index (χ1) is 10.2. The summed E-state index contributed by atoms with van der Waals surface area (Å²) in [5, 5.41) is 0. The largest absolute Gasteiger partial charge is 0.120 e. The van der Waals surface area contributed by atoms with E-state index in [1.165, 1.54) is 70.6 Å². The van der Waals surface area contributed by atoms with E-state index in [4.69, 9.17) is 6.42 Å². The SMILES string of the molecule is C#CCCCC.CC.CCCCC.CCCCCCCC. The second-order valence-electron chi connectivity index (χ2n) is 5.08. The minimum Gasteiger partial charge on any atom is -0.120 e. The number of terminal acetylenes is 1. The molecule has 21 heavy (non-hydrogen) atoms. The van der Waals surface area contributed by atoms with Crippen LogP contribution in [0.4, 0.5) is 0 Å². The summed E-state index contributed by atoms with van der Waals surface area (Å²) in [6.45, 7) is 15.1. The van der Waals surface area contributed by atoms with E-state index in [0.717, 1.165) is 6.42 Å². The molecule has 0 nitrogen and oxygen atoms in total. The fraction of sp³-hybridized carbons (Fsp3) is 0.905. The maximum absolute atomic E-state index is 4.96. The van der Waals surface area contributed by atoms with Crippen LogP contribution in [-0.2, 0) is 0 Å². The first kappa shape index (κ1) is 28.7. The molecule has 0 radical (unpaired) electrons. The van der Waals surface area contributed by atoms with Gasteiger partial charge in [0.05, 0.1) is 0 Å². The minimum absolute atomic E-state index is 0.941. The van der Waals surface area contributed by atoms with Crippen molar-refractivity contribution in [2.75, 3.05) is 0 Å². The fourth-order valence-electron chi connectivity index (χ4n) is 1.49. The molecule has 0 aromatic carbocycles. The van der Waals surface area contributed by atoms with Gasteiger partial charge in [-0.2, -0.15) is 0 Å². The van der Waals surface area contributed by atoms with Crippen molar-refractivity contribution >= 4 is 0 Å². The molecule has 0 aromatic heterocycles. The molecule has 130 valence electrons. The van der Waals surface area contributed by atoms with Gasteiger partial charge < -0.3 is 0 Å². The summed E-state index contributed by atoms with van der Waals surface area (Å²) in [4.78, 5) is 0. The molecule has 0 bridgehead atoms. The van der Waals surface area contributed by atoms with Gasteiger partial charge in [-0.15, -0.1) is 12.3 Å². The standard InChI is InChI=1S/C8H18.C6H10.C5H12.C2H6/c1-3-5-7-8-6-4-2;1-3-5-6-4-2;1-3-5-4-2;1-2/h3-8H2,1-2H3;1H,4-6H2,2H3;3-5H2,1-2H3;1-2H3. The summed E-state index contributed by atoms with van der Waals surface area (Å²) in [5.41, 5.74) is 0. The van der Waals surface area contributed by atoms with Crippen molar-refractivity contribution < 1.29 is 0 Å². The Labute approximate surface area is 138 Å². The summed E-state index contributed by atoms with van der Waals surface area (Å²) < 4.78 is 0. The predicted molar refractivity (Wildman–Crippen MR) is 104 cm³/mol. The number of unbranched alkanes of at least 4 members (excludes halogenated alkanes) is 9. The highest BCUT2D eigenvalue weighted by Crippen LogP contribution is 2.03. The highest BCUT2D eigenvalue weighted by Gasteiger charge is 1.83. The minimum atomic E-state index is 0.941. The zero-order valence-corrected chi connectivity index (χ0v) is 16.6. The van der Waals surface area contributed by atoms with Crippen LogP contribution in [0.3, 0.4) is 0 Å². The lowest BCUT2D eigenvalue weighted by Gasteiger charge is -1.93. The van der Waals surface area contributed by atoms with E-state index in [-0.39, 0.29) is 0 Å². The molecule has 0 rings (SSSR count).